The van der Waals surface area contributed by atoms with Crippen LogP contribution in [0.5, 0.6) is 0 Å². The fraction of sp³-hybridized carbons (Fsp3) is 0.429. The van der Waals surface area contributed by atoms with Gasteiger partial charge in [-0.15, -0.1) is 5.10 Å². The van der Waals surface area contributed by atoms with E-state index in [0.29, 0.717) is 24.6 Å². The van der Waals surface area contributed by atoms with Crippen LogP contribution in [0.15, 0.2) is 53.5 Å². The fourth-order valence-corrected chi connectivity index (χ4v) is 4.38. The molecule has 4 aromatic rings. The summed E-state index contributed by atoms with van der Waals surface area (Å²) in [4.78, 5) is 20.0. The number of hydrogen-bond donors (Lipinski definition) is 3. The van der Waals surface area contributed by atoms with Gasteiger partial charge in [0.2, 0.25) is 0 Å². The highest BCUT2D eigenvalue weighted by atomic mass is 16.3. The monoisotopic (exact) mass is 503 g/mol. The van der Waals surface area contributed by atoms with Crippen molar-refractivity contribution < 1.29 is 9.21 Å². The second kappa shape index (κ2) is 13.4. The quantitative estimate of drug-likeness (QED) is 0.197. The zero-order chi connectivity index (χ0) is 25.9. The van der Waals surface area contributed by atoms with Crippen LogP contribution in [0.3, 0.4) is 0 Å². The number of aryl methyl sites for hydroxylation is 3. The lowest BCUT2D eigenvalue weighted by atomic mass is 10.1. The van der Waals surface area contributed by atoms with Gasteiger partial charge in [0, 0.05) is 29.6 Å². The maximum absolute atomic E-state index is 12.4. The van der Waals surface area contributed by atoms with Crippen LogP contribution in [0.4, 0.5) is 5.95 Å². The van der Waals surface area contributed by atoms with E-state index in [4.69, 9.17) is 10.2 Å². The molecule has 4 N–H and O–H groups in total. The van der Waals surface area contributed by atoms with Crippen molar-refractivity contribution in [1.29, 1.82) is 0 Å². The molecule has 1 aromatic carbocycles. The third-order valence-electron chi connectivity index (χ3n) is 6.45. The second-order valence-corrected chi connectivity index (χ2v) is 9.40. The zero-order valence-electron chi connectivity index (χ0n) is 21.6. The van der Waals surface area contributed by atoms with Crippen molar-refractivity contribution in [3.63, 3.8) is 0 Å². The van der Waals surface area contributed by atoms with Crippen LogP contribution in [0, 0.1) is 0 Å². The number of imidazole rings is 1. The molecule has 0 aliphatic carbocycles. The van der Waals surface area contributed by atoms with Crippen molar-refractivity contribution in [1.82, 2.24) is 30.3 Å². The molecule has 0 aliphatic heterocycles. The zero-order valence-corrected chi connectivity index (χ0v) is 21.6. The average molecular weight is 504 g/mol. The number of amides is 1. The predicted octanol–water partition coefficient (Wildman–Crippen LogP) is 4.96. The molecule has 1 amide bonds. The third kappa shape index (κ3) is 7.80. The summed E-state index contributed by atoms with van der Waals surface area (Å²) in [5.41, 5.74) is 11.6. The molecule has 0 atom stereocenters. The van der Waals surface area contributed by atoms with Crippen molar-refractivity contribution in [2.75, 3.05) is 12.3 Å². The highest BCUT2D eigenvalue weighted by molar-refractivity contribution is 5.94. The Labute approximate surface area is 217 Å². The molecular weight excluding hydrogens is 466 g/mol. The van der Waals surface area contributed by atoms with Gasteiger partial charge in [-0.25, -0.2) is 4.98 Å². The Kier molecular flexibility index (Phi) is 9.51. The summed E-state index contributed by atoms with van der Waals surface area (Å²) in [6.45, 7) is 3.30. The Balaban J connectivity index is 1.12. The molecule has 3 heterocycles. The van der Waals surface area contributed by atoms with Crippen LogP contribution in [0.2, 0.25) is 0 Å². The van der Waals surface area contributed by atoms with Gasteiger partial charge in [0.25, 0.3) is 5.91 Å². The van der Waals surface area contributed by atoms with E-state index in [0.717, 1.165) is 61.2 Å². The number of nitrogen functional groups attached to an aromatic ring is 1. The van der Waals surface area contributed by atoms with Gasteiger partial charge in [-0.2, -0.15) is 0 Å². The summed E-state index contributed by atoms with van der Waals surface area (Å²) < 4.78 is 6.96. The number of furan rings is 1. The van der Waals surface area contributed by atoms with Crippen LogP contribution in [-0.4, -0.2) is 37.4 Å². The van der Waals surface area contributed by atoms with E-state index >= 15 is 0 Å². The third-order valence-corrected chi connectivity index (χ3v) is 6.45. The lowest BCUT2D eigenvalue weighted by molar-refractivity contribution is 0.0952. The molecule has 37 heavy (non-hydrogen) atoms. The molecule has 0 bridgehead atoms. The smallest absolute Gasteiger partial charge is 0.251 e. The number of aromatic amines is 1. The highest BCUT2D eigenvalue weighted by Crippen LogP contribution is 2.24. The van der Waals surface area contributed by atoms with E-state index in [1.807, 2.05) is 24.4 Å². The molecule has 0 aliphatic rings. The minimum absolute atomic E-state index is 0.0598. The number of unbranched alkanes of at least 4 members (excludes halogenated alkanes) is 4. The molecule has 0 radical (unpaired) electrons. The first-order valence-corrected chi connectivity index (χ1v) is 13.3. The Morgan fingerprint density at radius 2 is 1.86 bits per heavy atom. The van der Waals surface area contributed by atoms with E-state index in [1.165, 1.54) is 24.8 Å². The highest BCUT2D eigenvalue weighted by Gasteiger charge is 2.12. The molecule has 4 rings (SSSR count). The Bertz CT molecular complexity index is 1230. The number of rotatable bonds is 15. The van der Waals surface area contributed by atoms with Crippen molar-refractivity contribution in [2.45, 2.75) is 71.3 Å². The summed E-state index contributed by atoms with van der Waals surface area (Å²) in [5, 5.41) is 11.4. The topological polar surface area (TPSA) is 128 Å². The van der Waals surface area contributed by atoms with Crippen molar-refractivity contribution in [3.05, 3.63) is 71.6 Å². The standard InChI is InChI=1S/C28H37N7O2/c1-2-3-5-8-21-11-13-22(14-12-21)27(36)30-16-17-35-19-24(33-34-35)9-6-4-7-10-25-26(32-28(29)31-25)23-15-18-37-20-23/h11-15,18-20H,2-10,16-17H2,1H3,(H,30,36)(H3,29,31,32). The van der Waals surface area contributed by atoms with E-state index in [-0.39, 0.29) is 5.91 Å². The number of aromatic nitrogens is 5. The molecule has 0 saturated carbocycles. The number of anilines is 1. The molecule has 0 unspecified atom stereocenters. The average Bonchev–Trinajstić information content (AvgIpc) is 3.66. The van der Waals surface area contributed by atoms with Crippen molar-refractivity contribution in [3.8, 4) is 11.3 Å². The van der Waals surface area contributed by atoms with Gasteiger partial charge < -0.3 is 20.5 Å². The molecule has 9 heteroatoms. The Hall–Kier alpha value is -3.88. The SMILES string of the molecule is CCCCCc1ccc(C(=O)NCCn2cc(CCCCCc3[nH]c(N)nc3-c3ccoc3)nn2)cc1. The Morgan fingerprint density at radius 1 is 1.05 bits per heavy atom. The van der Waals surface area contributed by atoms with Crippen LogP contribution in [0.1, 0.15) is 72.8 Å². The first-order chi connectivity index (χ1) is 18.1. The van der Waals surface area contributed by atoms with Gasteiger partial charge in [0.05, 0.1) is 30.5 Å². The summed E-state index contributed by atoms with van der Waals surface area (Å²) in [6, 6.07) is 9.81. The normalized spacial score (nSPS) is 11.2. The number of carbonyl (C=O) groups is 1. The predicted molar refractivity (Wildman–Crippen MR) is 144 cm³/mol. The molecule has 0 saturated heterocycles. The van der Waals surface area contributed by atoms with Gasteiger partial charge in [-0.05, 0) is 62.3 Å². The number of benzene rings is 1. The van der Waals surface area contributed by atoms with Gasteiger partial charge in [-0.1, -0.05) is 43.5 Å². The van der Waals surface area contributed by atoms with Crippen molar-refractivity contribution >= 4 is 11.9 Å². The largest absolute Gasteiger partial charge is 0.472 e. The minimum Gasteiger partial charge on any atom is -0.472 e. The summed E-state index contributed by atoms with van der Waals surface area (Å²) in [5.74, 6) is 0.366. The molecule has 0 fully saturated rings. The van der Waals surface area contributed by atoms with Gasteiger partial charge in [0.1, 0.15) is 0 Å². The lowest BCUT2D eigenvalue weighted by Gasteiger charge is -2.06. The summed E-state index contributed by atoms with van der Waals surface area (Å²) in [7, 11) is 0. The van der Waals surface area contributed by atoms with E-state index in [9.17, 15) is 4.79 Å². The first-order valence-electron chi connectivity index (χ1n) is 13.3. The van der Waals surface area contributed by atoms with Crippen LogP contribution >= 0.6 is 0 Å². The maximum Gasteiger partial charge on any atom is 0.251 e. The second-order valence-electron chi connectivity index (χ2n) is 9.40. The van der Waals surface area contributed by atoms with Crippen LogP contribution < -0.4 is 11.1 Å². The molecule has 9 nitrogen and oxygen atoms in total. The number of nitrogens with zero attached hydrogens (tertiary/aromatic N) is 4. The van der Waals surface area contributed by atoms with Crippen molar-refractivity contribution in [2.24, 2.45) is 0 Å². The number of H-pyrrole nitrogens is 1. The maximum atomic E-state index is 12.4. The molecule has 196 valence electrons. The first kappa shape index (κ1) is 26.2. The minimum atomic E-state index is -0.0598. The van der Waals surface area contributed by atoms with E-state index < -0.39 is 0 Å². The number of nitrogens with one attached hydrogen (secondary N) is 2. The van der Waals surface area contributed by atoms with Gasteiger partial charge in [-0.3, -0.25) is 9.48 Å². The molecule has 3 aromatic heterocycles. The number of hydrogen-bond acceptors (Lipinski definition) is 6. The van der Waals surface area contributed by atoms with Crippen LogP contribution in [-0.2, 0) is 25.8 Å². The fourth-order valence-electron chi connectivity index (χ4n) is 4.38. The number of carbonyl (C=O) groups excluding carboxylic acids is 1. The summed E-state index contributed by atoms with van der Waals surface area (Å²) in [6.07, 6.45) is 14.8. The number of nitrogens with two attached hydrogens (primary N) is 1. The van der Waals surface area contributed by atoms with Gasteiger partial charge >= 0.3 is 0 Å². The van der Waals surface area contributed by atoms with E-state index in [2.05, 4.69) is 44.7 Å². The van der Waals surface area contributed by atoms with E-state index in [1.54, 1.807) is 17.2 Å². The van der Waals surface area contributed by atoms with Crippen LogP contribution in [0.25, 0.3) is 11.3 Å². The molecular formula is C28H37N7O2. The summed E-state index contributed by atoms with van der Waals surface area (Å²) >= 11 is 0. The van der Waals surface area contributed by atoms with Gasteiger partial charge in [0.15, 0.2) is 5.95 Å². The lowest BCUT2D eigenvalue weighted by Crippen LogP contribution is -2.27. The molecule has 0 spiro atoms. The Morgan fingerprint density at radius 3 is 2.65 bits per heavy atom.